The first-order chi connectivity index (χ1) is 12.3. The Balaban J connectivity index is 1.67. The highest BCUT2D eigenvalue weighted by Gasteiger charge is 2.26. The van der Waals surface area contributed by atoms with Crippen LogP contribution in [0.15, 0.2) is 36.5 Å². The fourth-order valence-corrected chi connectivity index (χ4v) is 2.81. The van der Waals surface area contributed by atoms with Crippen molar-refractivity contribution >= 4 is 17.7 Å². The number of amides is 1. The average molecular weight is 355 g/mol. The first kappa shape index (κ1) is 18.0. The molecule has 2 aromatic rings. The monoisotopic (exact) mass is 355 g/mol. The van der Waals surface area contributed by atoms with Gasteiger partial charge in [-0.2, -0.15) is 0 Å². The van der Waals surface area contributed by atoms with Gasteiger partial charge in [-0.15, -0.1) is 0 Å². The molecule has 1 aliphatic heterocycles. The lowest BCUT2D eigenvalue weighted by Crippen LogP contribution is -2.50. The number of carbonyl (C=O) groups excluding carboxylic acids is 1. The molecule has 1 amide bonds. The molecule has 26 heavy (non-hydrogen) atoms. The summed E-state index contributed by atoms with van der Waals surface area (Å²) in [4.78, 5) is 24.9. The molecule has 1 saturated heterocycles. The van der Waals surface area contributed by atoms with Gasteiger partial charge < -0.3 is 20.3 Å². The van der Waals surface area contributed by atoms with Crippen LogP contribution in [0.4, 0.5) is 16.4 Å². The highest BCUT2D eigenvalue weighted by atomic mass is 16.6. The molecule has 3 rings (SSSR count). The molecule has 0 saturated carbocycles. The van der Waals surface area contributed by atoms with Crippen LogP contribution < -0.4 is 10.6 Å². The summed E-state index contributed by atoms with van der Waals surface area (Å²) in [6.45, 7) is 8.26. The van der Waals surface area contributed by atoms with Crippen LogP contribution >= 0.6 is 0 Å². The van der Waals surface area contributed by atoms with Gasteiger partial charge in [0.15, 0.2) is 0 Å². The Morgan fingerprint density at radius 1 is 1.15 bits per heavy atom. The Morgan fingerprint density at radius 3 is 2.54 bits per heavy atom. The summed E-state index contributed by atoms with van der Waals surface area (Å²) in [5.41, 5.74) is 7.09. The molecule has 1 fully saturated rings. The molecule has 2 aromatic heterocycles. The minimum atomic E-state index is -0.478. The van der Waals surface area contributed by atoms with Gasteiger partial charge in [0, 0.05) is 37.9 Å². The Labute approximate surface area is 153 Å². The predicted molar refractivity (Wildman–Crippen MR) is 102 cm³/mol. The first-order valence-electron chi connectivity index (χ1n) is 8.74. The third-order valence-electron chi connectivity index (χ3n) is 4.07. The van der Waals surface area contributed by atoms with Gasteiger partial charge in [-0.3, -0.25) is 0 Å². The van der Waals surface area contributed by atoms with E-state index in [-0.39, 0.29) is 6.09 Å². The van der Waals surface area contributed by atoms with E-state index in [1.54, 1.807) is 17.2 Å². The third-order valence-corrected chi connectivity index (χ3v) is 4.07. The molecule has 0 unspecified atom stereocenters. The van der Waals surface area contributed by atoms with Gasteiger partial charge in [-0.05, 0) is 45.0 Å². The van der Waals surface area contributed by atoms with Crippen LogP contribution in [-0.4, -0.2) is 52.7 Å². The number of piperazine rings is 1. The summed E-state index contributed by atoms with van der Waals surface area (Å²) in [5.74, 6) is 1.36. The van der Waals surface area contributed by atoms with Crippen LogP contribution in [0.3, 0.4) is 0 Å². The van der Waals surface area contributed by atoms with Gasteiger partial charge in [0.25, 0.3) is 0 Å². The van der Waals surface area contributed by atoms with Gasteiger partial charge >= 0.3 is 6.09 Å². The average Bonchev–Trinajstić information content (AvgIpc) is 2.60. The third kappa shape index (κ3) is 4.41. The number of nitrogen functional groups attached to an aromatic ring is 1. The Morgan fingerprint density at radius 2 is 1.88 bits per heavy atom. The van der Waals surface area contributed by atoms with Crippen LogP contribution in [-0.2, 0) is 4.74 Å². The number of nitrogens with two attached hydrogens (primary N) is 1. The van der Waals surface area contributed by atoms with Crippen molar-refractivity contribution < 1.29 is 9.53 Å². The topological polar surface area (TPSA) is 84.6 Å². The molecule has 0 aromatic carbocycles. The van der Waals surface area contributed by atoms with Crippen molar-refractivity contribution in [3.05, 3.63) is 36.5 Å². The van der Waals surface area contributed by atoms with Crippen molar-refractivity contribution in [2.75, 3.05) is 36.8 Å². The van der Waals surface area contributed by atoms with Gasteiger partial charge in [-0.1, -0.05) is 6.07 Å². The van der Waals surface area contributed by atoms with Gasteiger partial charge in [-0.25, -0.2) is 14.8 Å². The fourth-order valence-electron chi connectivity index (χ4n) is 2.81. The zero-order chi connectivity index (χ0) is 18.7. The van der Waals surface area contributed by atoms with Crippen molar-refractivity contribution in [3.8, 4) is 11.3 Å². The number of anilines is 2. The summed E-state index contributed by atoms with van der Waals surface area (Å²) in [5, 5.41) is 0. The number of ether oxygens (including phenoxy) is 1. The van der Waals surface area contributed by atoms with Gasteiger partial charge in [0.05, 0.1) is 5.69 Å². The second-order valence-corrected chi connectivity index (χ2v) is 7.30. The van der Waals surface area contributed by atoms with Crippen molar-refractivity contribution in [2.24, 2.45) is 0 Å². The van der Waals surface area contributed by atoms with E-state index in [0.717, 1.165) is 17.1 Å². The molecule has 0 radical (unpaired) electrons. The molecule has 0 atom stereocenters. The molecule has 138 valence electrons. The maximum Gasteiger partial charge on any atom is 0.410 e. The van der Waals surface area contributed by atoms with E-state index in [9.17, 15) is 4.79 Å². The van der Waals surface area contributed by atoms with Crippen LogP contribution in [0, 0.1) is 0 Å². The molecular formula is C19H25N5O2. The molecular weight excluding hydrogens is 330 g/mol. The molecule has 2 N–H and O–H groups in total. The van der Waals surface area contributed by atoms with E-state index in [1.807, 2.05) is 45.0 Å². The Hall–Kier alpha value is -2.83. The lowest BCUT2D eigenvalue weighted by atomic mass is 10.1. The first-order valence-corrected chi connectivity index (χ1v) is 8.74. The number of nitrogens with zero attached hydrogens (tertiary/aromatic N) is 4. The van der Waals surface area contributed by atoms with E-state index in [2.05, 4.69) is 14.9 Å². The second-order valence-electron chi connectivity index (χ2n) is 7.30. The van der Waals surface area contributed by atoms with E-state index < -0.39 is 5.60 Å². The maximum absolute atomic E-state index is 12.2. The normalized spacial score (nSPS) is 15.0. The molecule has 0 aliphatic carbocycles. The number of carbonyl (C=O) groups is 1. The van der Waals surface area contributed by atoms with Gasteiger partial charge in [0.2, 0.25) is 0 Å². The number of pyridine rings is 2. The standard InChI is InChI=1S/C19H25N5O2/c1-19(2,3)26-18(25)24-11-9-23(10-12-24)17-13-14(7-8-21-17)15-5-4-6-16(20)22-15/h4-8,13H,9-12H2,1-3H3,(H2,20,22). The lowest BCUT2D eigenvalue weighted by molar-refractivity contribution is 0.0240. The van der Waals surface area contributed by atoms with Gasteiger partial charge in [0.1, 0.15) is 17.2 Å². The second kappa shape index (κ2) is 7.19. The molecule has 7 nitrogen and oxygen atoms in total. The van der Waals surface area contributed by atoms with E-state index in [1.165, 1.54) is 0 Å². The zero-order valence-corrected chi connectivity index (χ0v) is 15.5. The SMILES string of the molecule is CC(C)(C)OC(=O)N1CCN(c2cc(-c3cccc(N)n3)ccn2)CC1. The molecule has 0 spiro atoms. The number of rotatable bonds is 2. The zero-order valence-electron chi connectivity index (χ0n) is 15.5. The summed E-state index contributed by atoms with van der Waals surface area (Å²) < 4.78 is 5.44. The van der Waals surface area contributed by atoms with Crippen molar-refractivity contribution in [3.63, 3.8) is 0 Å². The number of hydrogen-bond donors (Lipinski definition) is 1. The minimum Gasteiger partial charge on any atom is -0.444 e. The van der Waals surface area contributed by atoms with Crippen molar-refractivity contribution in [1.82, 2.24) is 14.9 Å². The summed E-state index contributed by atoms with van der Waals surface area (Å²) in [6, 6.07) is 9.50. The summed E-state index contributed by atoms with van der Waals surface area (Å²) in [6.07, 6.45) is 1.51. The van der Waals surface area contributed by atoms with Crippen molar-refractivity contribution in [2.45, 2.75) is 26.4 Å². The fraction of sp³-hybridized carbons (Fsp3) is 0.421. The van der Waals surface area contributed by atoms with Crippen LogP contribution in [0.25, 0.3) is 11.3 Å². The lowest BCUT2D eigenvalue weighted by Gasteiger charge is -2.36. The molecule has 7 heteroatoms. The van der Waals surface area contributed by atoms with E-state index in [4.69, 9.17) is 10.5 Å². The van der Waals surface area contributed by atoms with Crippen LogP contribution in [0.1, 0.15) is 20.8 Å². The highest BCUT2D eigenvalue weighted by molar-refractivity contribution is 5.69. The minimum absolute atomic E-state index is 0.261. The molecule has 1 aliphatic rings. The van der Waals surface area contributed by atoms with Crippen molar-refractivity contribution in [1.29, 1.82) is 0 Å². The quantitative estimate of drug-likeness (QED) is 0.892. The molecule has 3 heterocycles. The summed E-state index contributed by atoms with van der Waals surface area (Å²) >= 11 is 0. The summed E-state index contributed by atoms with van der Waals surface area (Å²) in [7, 11) is 0. The number of aromatic nitrogens is 2. The number of hydrogen-bond acceptors (Lipinski definition) is 6. The smallest absolute Gasteiger partial charge is 0.410 e. The van der Waals surface area contributed by atoms with E-state index >= 15 is 0 Å². The molecule has 0 bridgehead atoms. The maximum atomic E-state index is 12.2. The Kier molecular flexibility index (Phi) is 4.97. The highest BCUT2D eigenvalue weighted by Crippen LogP contribution is 2.23. The van der Waals surface area contributed by atoms with E-state index in [0.29, 0.717) is 32.0 Å². The van der Waals surface area contributed by atoms with Crippen LogP contribution in [0.5, 0.6) is 0 Å². The predicted octanol–water partition coefficient (Wildman–Crippen LogP) is 2.78. The Bertz CT molecular complexity index is 779. The van der Waals surface area contributed by atoms with Crippen LogP contribution in [0.2, 0.25) is 0 Å². The largest absolute Gasteiger partial charge is 0.444 e.